The van der Waals surface area contributed by atoms with Crippen molar-refractivity contribution in [3.05, 3.63) is 95.1 Å². The number of aromatic nitrogens is 1. The lowest BCUT2D eigenvalue weighted by Crippen LogP contribution is -2.59. The van der Waals surface area contributed by atoms with Gasteiger partial charge >= 0.3 is 6.15 Å². The molecule has 1 aromatic heterocycles. The molecular weight excluding hydrogens is 598 g/mol. The van der Waals surface area contributed by atoms with E-state index >= 15 is 0 Å². The predicted octanol–water partition coefficient (Wildman–Crippen LogP) is 7.89. The molecule has 1 N–H and O–H groups in total. The van der Waals surface area contributed by atoms with Crippen LogP contribution in [0, 0.1) is 0 Å². The molecule has 248 valence electrons. The molecule has 4 aromatic rings. The lowest BCUT2D eigenvalue weighted by Gasteiger charge is -2.41. The van der Waals surface area contributed by atoms with Crippen LogP contribution >= 0.6 is 0 Å². The van der Waals surface area contributed by atoms with Crippen molar-refractivity contribution in [1.82, 2.24) is 9.88 Å². The number of nitrogens with zero attached hydrogens (tertiary/aromatic N) is 2. The fourth-order valence-electron chi connectivity index (χ4n) is 7.95. The number of likely N-dealkylation sites (N-methyl/N-ethyl adjacent to an activating group) is 1. The zero-order chi connectivity index (χ0) is 33.8. The van der Waals surface area contributed by atoms with Gasteiger partial charge in [-0.15, -0.1) is 0 Å². The summed E-state index contributed by atoms with van der Waals surface area (Å²) in [6, 6.07) is 21.2. The van der Waals surface area contributed by atoms with Gasteiger partial charge in [0.2, 0.25) is 0 Å². The molecule has 2 saturated carbocycles. The Morgan fingerprint density at radius 1 is 0.938 bits per heavy atom. The van der Waals surface area contributed by atoms with Crippen LogP contribution in [0.3, 0.4) is 0 Å². The molecule has 2 fully saturated rings. The van der Waals surface area contributed by atoms with E-state index in [1.807, 2.05) is 30.3 Å². The second-order valence-corrected chi connectivity index (χ2v) is 13.6. The van der Waals surface area contributed by atoms with Crippen LogP contribution < -0.4 is 10.2 Å². The van der Waals surface area contributed by atoms with Crippen molar-refractivity contribution >= 4 is 40.5 Å². The number of carbonyl (C=O) groups is 2. The zero-order valence-corrected chi connectivity index (χ0v) is 28.1. The highest BCUT2D eigenvalue weighted by Gasteiger charge is 2.45. The summed E-state index contributed by atoms with van der Waals surface area (Å²) in [7, 11) is 2.20. The number of hydrogen-bond donors (Lipinski definition) is 1. The topological polar surface area (TPSA) is 88.5 Å². The first kappa shape index (κ1) is 33.2. The zero-order valence-electron chi connectivity index (χ0n) is 28.1. The molecule has 0 unspecified atom stereocenters. The summed E-state index contributed by atoms with van der Waals surface area (Å²) in [5.74, 6) is 0.466. The van der Waals surface area contributed by atoms with Crippen LogP contribution in [-0.2, 0) is 33.8 Å². The Labute approximate surface area is 283 Å². The molecule has 3 aliphatic rings. The van der Waals surface area contributed by atoms with E-state index in [2.05, 4.69) is 65.7 Å². The van der Waals surface area contributed by atoms with Crippen molar-refractivity contribution in [1.29, 1.82) is 0 Å². The Kier molecular flexibility index (Phi) is 9.79. The largest absolute Gasteiger partial charge is 0.373 e. The molecule has 0 atom stereocenters. The summed E-state index contributed by atoms with van der Waals surface area (Å²) in [5.41, 5.74) is 9.74. The quantitative estimate of drug-likeness (QED) is 0.211. The third-order valence-corrected chi connectivity index (χ3v) is 10.8. The highest BCUT2D eigenvalue weighted by atomic mass is 16.2. The molecular formula is C41H45N3O4. The van der Waals surface area contributed by atoms with E-state index in [0.717, 1.165) is 42.6 Å². The molecule has 7 nitrogen and oxygen atoms in total. The van der Waals surface area contributed by atoms with Gasteiger partial charge in [0.25, 0.3) is 5.91 Å². The van der Waals surface area contributed by atoms with Gasteiger partial charge in [-0.3, -0.25) is 9.59 Å². The van der Waals surface area contributed by atoms with Crippen molar-refractivity contribution < 1.29 is 19.2 Å². The molecule has 7 rings (SSSR count). The molecule has 0 radical (unpaired) electrons. The summed E-state index contributed by atoms with van der Waals surface area (Å²) in [6.45, 7) is 7.81. The number of nitrogens with one attached hydrogen (secondary N) is 1. The van der Waals surface area contributed by atoms with E-state index in [-0.39, 0.29) is 17.8 Å². The molecule has 2 aliphatic carbocycles. The Bertz CT molecular complexity index is 1870. The minimum atomic E-state index is -0.787. The normalized spacial score (nSPS) is 16.7. The van der Waals surface area contributed by atoms with Gasteiger partial charge in [-0.1, -0.05) is 81.3 Å². The fourth-order valence-corrected chi connectivity index (χ4v) is 7.95. The molecule has 48 heavy (non-hydrogen) atoms. The molecule has 0 spiro atoms. The maximum absolute atomic E-state index is 13.9. The van der Waals surface area contributed by atoms with E-state index in [0.29, 0.717) is 30.7 Å². The highest BCUT2D eigenvalue weighted by Crippen LogP contribution is 2.47. The molecule has 7 heteroatoms. The first-order chi connectivity index (χ1) is 23.3. The van der Waals surface area contributed by atoms with Crippen LogP contribution in [0.4, 0.5) is 5.69 Å². The fraction of sp³-hybridized carbons (Fsp3) is 0.390. The molecule has 2 heterocycles. The smallest absolute Gasteiger partial charge is 0.372 e. The first-order valence-corrected chi connectivity index (χ1v) is 17.4. The Morgan fingerprint density at radius 2 is 1.65 bits per heavy atom. The molecule has 1 amide bonds. The van der Waals surface area contributed by atoms with E-state index in [1.54, 1.807) is 6.08 Å². The monoisotopic (exact) mass is 643 g/mol. The Hall–Kier alpha value is -4.74. The van der Waals surface area contributed by atoms with Crippen molar-refractivity contribution in [2.45, 2.75) is 89.1 Å². The SMILES string of the molecule is C=Cc1ccc(CC(=O)C2(NC(=O)c3ccc4c(C5CCCCC5)c5n(c4c3)CCN(C)c3cc(CC)ccc3-5)CCC2)cc1.O=C=O. The van der Waals surface area contributed by atoms with E-state index in [4.69, 9.17) is 9.59 Å². The summed E-state index contributed by atoms with van der Waals surface area (Å²) in [4.78, 5) is 46.2. The van der Waals surface area contributed by atoms with Gasteiger partial charge in [0, 0.05) is 54.3 Å². The number of aryl methyl sites for hydroxylation is 1. The predicted molar refractivity (Wildman–Crippen MR) is 190 cm³/mol. The van der Waals surface area contributed by atoms with Crippen LogP contribution in [0.25, 0.3) is 28.2 Å². The summed E-state index contributed by atoms with van der Waals surface area (Å²) < 4.78 is 2.49. The Balaban J connectivity index is 0.00000129. The standard InChI is InChI=1S/C40H45N3O2.CO2/c1-4-27-12-14-29(15-13-27)25-36(44)40(20-9-21-40)41-39(45)31-17-19-32-35(26-31)43-23-22-42(3)34-24-28(5-2)16-18-33(34)38(43)37(32)30-10-7-6-8-11-30;2-1-3/h4,12-19,24,26,30H,1,5-11,20-23,25H2,2-3H3,(H,41,45);. The molecule has 0 bridgehead atoms. The minimum Gasteiger partial charge on any atom is -0.372 e. The third-order valence-electron chi connectivity index (χ3n) is 10.8. The summed E-state index contributed by atoms with van der Waals surface area (Å²) >= 11 is 0. The summed E-state index contributed by atoms with van der Waals surface area (Å²) in [6.07, 6.45) is 12.0. The van der Waals surface area contributed by atoms with Crippen LogP contribution in [-0.4, -0.2) is 41.5 Å². The molecule has 3 aromatic carbocycles. The summed E-state index contributed by atoms with van der Waals surface area (Å²) in [5, 5.41) is 4.51. The van der Waals surface area contributed by atoms with Crippen molar-refractivity contribution in [3.8, 4) is 11.3 Å². The maximum Gasteiger partial charge on any atom is 0.373 e. The average molecular weight is 644 g/mol. The van der Waals surface area contributed by atoms with Gasteiger partial charge in [-0.05, 0) is 84.9 Å². The number of amides is 1. The second-order valence-electron chi connectivity index (χ2n) is 13.6. The number of ketones is 1. The number of rotatable bonds is 8. The molecule has 1 aliphatic heterocycles. The van der Waals surface area contributed by atoms with Crippen molar-refractivity contribution in [2.75, 3.05) is 18.5 Å². The second kappa shape index (κ2) is 14.2. The number of benzene rings is 3. The lowest BCUT2D eigenvalue weighted by atomic mass is 9.72. The number of anilines is 1. The number of fused-ring (bicyclic) bond motifs is 5. The van der Waals surface area contributed by atoms with E-state index < -0.39 is 5.54 Å². The van der Waals surface area contributed by atoms with Gasteiger partial charge in [0.05, 0.1) is 11.2 Å². The third kappa shape index (κ3) is 6.27. The van der Waals surface area contributed by atoms with Gasteiger partial charge in [0.15, 0.2) is 5.78 Å². The highest BCUT2D eigenvalue weighted by molar-refractivity contribution is 6.04. The molecule has 0 saturated heterocycles. The van der Waals surface area contributed by atoms with Crippen molar-refractivity contribution in [2.24, 2.45) is 0 Å². The van der Waals surface area contributed by atoms with Gasteiger partial charge in [0.1, 0.15) is 0 Å². The first-order valence-electron chi connectivity index (χ1n) is 17.4. The number of hydrogen-bond acceptors (Lipinski definition) is 5. The van der Waals surface area contributed by atoms with Crippen LogP contribution in [0.1, 0.15) is 96.8 Å². The maximum atomic E-state index is 13.9. The van der Waals surface area contributed by atoms with Crippen LogP contribution in [0.2, 0.25) is 0 Å². The lowest BCUT2D eigenvalue weighted by molar-refractivity contribution is -0.191. The van der Waals surface area contributed by atoms with Crippen LogP contribution in [0.15, 0.2) is 67.2 Å². The number of Topliss-reactive ketones (excluding diaryl/α,β-unsaturated/α-hetero) is 1. The van der Waals surface area contributed by atoms with E-state index in [9.17, 15) is 9.59 Å². The number of carbonyl (C=O) groups excluding carboxylic acids is 4. The average Bonchev–Trinajstić information content (AvgIpc) is 3.34. The van der Waals surface area contributed by atoms with Gasteiger partial charge < -0.3 is 14.8 Å². The Morgan fingerprint density at radius 3 is 2.29 bits per heavy atom. The van der Waals surface area contributed by atoms with Crippen LogP contribution in [0.5, 0.6) is 0 Å². The minimum absolute atomic E-state index is 0.0942. The van der Waals surface area contributed by atoms with Gasteiger partial charge in [-0.2, -0.15) is 9.59 Å². The van der Waals surface area contributed by atoms with Crippen molar-refractivity contribution in [3.63, 3.8) is 0 Å². The van der Waals surface area contributed by atoms with E-state index in [1.165, 1.54) is 65.6 Å². The van der Waals surface area contributed by atoms with Gasteiger partial charge in [-0.25, -0.2) is 0 Å².